The van der Waals surface area contributed by atoms with Gasteiger partial charge in [-0.25, -0.2) is 4.79 Å². The molecule has 0 bridgehead atoms. The summed E-state index contributed by atoms with van der Waals surface area (Å²) in [4.78, 5) is 13.6. The van der Waals surface area contributed by atoms with E-state index in [0.29, 0.717) is 22.2 Å². The van der Waals surface area contributed by atoms with E-state index in [2.05, 4.69) is 46.9 Å². The van der Waals surface area contributed by atoms with E-state index in [1.807, 2.05) is 48.1 Å². The van der Waals surface area contributed by atoms with E-state index in [1.165, 1.54) is 29.6 Å². The summed E-state index contributed by atoms with van der Waals surface area (Å²) in [7, 11) is 1.38. The number of aryl methyl sites for hydroxylation is 2. The molecule has 2 heterocycles. The molecule has 6 nitrogen and oxygen atoms in total. The Morgan fingerprint density at radius 3 is 2.52 bits per heavy atom. The molecule has 0 atom stereocenters. The third-order valence-electron chi connectivity index (χ3n) is 5.12. The van der Waals surface area contributed by atoms with Gasteiger partial charge in [-0.05, 0) is 37.2 Å². The second-order valence-corrected chi connectivity index (χ2v) is 9.22. The lowest BCUT2D eigenvalue weighted by atomic mass is 10.0. The Hall–Kier alpha value is -3.49. The number of nitrogens with zero attached hydrogens (tertiary/aromatic N) is 2. The SMILES string of the molecule is COC(=O)c1c(NC(=S)Nc2cnn(Cc3ccc(C)cc3)c2)sc(C)c1-c1ccccc1. The number of thiophene rings is 1. The Morgan fingerprint density at radius 2 is 1.82 bits per heavy atom. The molecule has 168 valence electrons. The second kappa shape index (κ2) is 9.97. The van der Waals surface area contributed by atoms with Crippen molar-refractivity contribution in [1.82, 2.24) is 9.78 Å². The average Bonchev–Trinajstić information content (AvgIpc) is 3.38. The monoisotopic (exact) mass is 476 g/mol. The van der Waals surface area contributed by atoms with Crippen molar-refractivity contribution < 1.29 is 9.53 Å². The standard InChI is InChI=1S/C25H24N4O2S2/c1-16-9-11-18(12-10-16)14-29-15-20(13-26-29)27-25(32)28-23-22(24(30)31-3)21(17(2)33-23)19-7-5-4-6-8-19/h4-13,15H,14H2,1-3H3,(H2,27,28,32). The Labute approximate surface area is 202 Å². The van der Waals surface area contributed by atoms with Gasteiger partial charge in [0.2, 0.25) is 0 Å². The molecule has 0 saturated carbocycles. The normalized spacial score (nSPS) is 10.6. The minimum atomic E-state index is -0.408. The zero-order chi connectivity index (χ0) is 23.4. The van der Waals surface area contributed by atoms with Crippen LogP contribution in [0.5, 0.6) is 0 Å². The Balaban J connectivity index is 1.50. The highest BCUT2D eigenvalue weighted by Gasteiger charge is 2.24. The minimum Gasteiger partial charge on any atom is -0.465 e. The summed E-state index contributed by atoms with van der Waals surface area (Å²) >= 11 is 6.98. The van der Waals surface area contributed by atoms with E-state index in [9.17, 15) is 4.79 Å². The van der Waals surface area contributed by atoms with E-state index in [0.717, 1.165) is 21.7 Å². The van der Waals surface area contributed by atoms with Gasteiger partial charge in [0.25, 0.3) is 0 Å². The number of rotatable bonds is 6. The van der Waals surface area contributed by atoms with Crippen molar-refractivity contribution in [2.75, 3.05) is 17.7 Å². The summed E-state index contributed by atoms with van der Waals surface area (Å²) in [6, 6.07) is 18.1. The van der Waals surface area contributed by atoms with Crippen LogP contribution in [0.25, 0.3) is 11.1 Å². The van der Waals surface area contributed by atoms with Crippen molar-refractivity contribution in [3.05, 3.63) is 88.6 Å². The van der Waals surface area contributed by atoms with Gasteiger partial charge >= 0.3 is 5.97 Å². The molecule has 4 aromatic rings. The number of hydrogen-bond donors (Lipinski definition) is 2. The van der Waals surface area contributed by atoms with Crippen molar-refractivity contribution in [2.24, 2.45) is 0 Å². The summed E-state index contributed by atoms with van der Waals surface area (Å²) < 4.78 is 6.92. The zero-order valence-electron chi connectivity index (χ0n) is 18.6. The van der Waals surface area contributed by atoms with Crippen molar-refractivity contribution in [1.29, 1.82) is 0 Å². The van der Waals surface area contributed by atoms with E-state index < -0.39 is 5.97 Å². The van der Waals surface area contributed by atoms with Crippen LogP contribution in [0.15, 0.2) is 67.0 Å². The van der Waals surface area contributed by atoms with E-state index in [4.69, 9.17) is 17.0 Å². The van der Waals surface area contributed by atoms with E-state index >= 15 is 0 Å². The minimum absolute atomic E-state index is 0.371. The third-order valence-corrected chi connectivity index (χ3v) is 6.34. The van der Waals surface area contributed by atoms with Gasteiger partial charge in [0, 0.05) is 16.6 Å². The maximum atomic E-state index is 12.6. The summed E-state index contributed by atoms with van der Waals surface area (Å²) in [5, 5.41) is 11.7. The number of methoxy groups -OCH3 is 1. The van der Waals surface area contributed by atoms with Crippen LogP contribution in [0, 0.1) is 13.8 Å². The van der Waals surface area contributed by atoms with Gasteiger partial charge in [-0.2, -0.15) is 5.10 Å². The predicted molar refractivity (Wildman–Crippen MR) is 138 cm³/mol. The lowest BCUT2D eigenvalue weighted by molar-refractivity contribution is 0.0603. The molecule has 0 aliphatic carbocycles. The summed E-state index contributed by atoms with van der Waals surface area (Å²) in [5.41, 5.74) is 5.44. The fourth-order valence-electron chi connectivity index (χ4n) is 3.54. The average molecular weight is 477 g/mol. The molecule has 0 aliphatic rings. The molecule has 0 spiro atoms. The molecule has 0 fully saturated rings. The number of ether oxygens (including phenoxy) is 1. The highest BCUT2D eigenvalue weighted by Crippen LogP contribution is 2.40. The Morgan fingerprint density at radius 1 is 1.09 bits per heavy atom. The molecule has 4 rings (SSSR count). The number of benzene rings is 2. The first-order chi connectivity index (χ1) is 15.9. The van der Waals surface area contributed by atoms with Crippen molar-refractivity contribution >= 4 is 45.3 Å². The molecule has 33 heavy (non-hydrogen) atoms. The lowest BCUT2D eigenvalue weighted by Gasteiger charge is -2.10. The number of aromatic nitrogens is 2. The third kappa shape index (κ3) is 5.30. The summed E-state index contributed by atoms with van der Waals surface area (Å²) in [6.45, 7) is 4.71. The van der Waals surface area contributed by atoms with Crippen LogP contribution in [0.2, 0.25) is 0 Å². The van der Waals surface area contributed by atoms with Gasteiger partial charge in [0.05, 0.1) is 25.5 Å². The number of hydrogen-bond acceptors (Lipinski definition) is 5. The first-order valence-electron chi connectivity index (χ1n) is 10.4. The van der Waals surface area contributed by atoms with Crippen LogP contribution >= 0.6 is 23.6 Å². The quantitative estimate of drug-likeness (QED) is 0.268. The van der Waals surface area contributed by atoms with Gasteiger partial charge in [-0.1, -0.05) is 60.2 Å². The van der Waals surface area contributed by atoms with Crippen molar-refractivity contribution in [2.45, 2.75) is 20.4 Å². The predicted octanol–water partition coefficient (Wildman–Crippen LogP) is 5.87. The first-order valence-corrected chi connectivity index (χ1v) is 11.6. The molecular weight excluding hydrogens is 452 g/mol. The molecule has 2 aromatic heterocycles. The number of carbonyl (C=O) groups excluding carboxylic acids is 1. The highest BCUT2D eigenvalue weighted by atomic mass is 32.1. The molecule has 2 aromatic carbocycles. The van der Waals surface area contributed by atoms with Crippen molar-refractivity contribution in [3.8, 4) is 11.1 Å². The van der Waals surface area contributed by atoms with Gasteiger partial charge < -0.3 is 15.4 Å². The molecular formula is C25H24N4O2S2. The van der Waals surface area contributed by atoms with Crippen LogP contribution in [0.3, 0.4) is 0 Å². The molecule has 0 unspecified atom stereocenters. The molecule has 0 amide bonds. The van der Waals surface area contributed by atoms with Crippen LogP contribution < -0.4 is 10.6 Å². The van der Waals surface area contributed by atoms with Crippen LogP contribution in [0.4, 0.5) is 10.7 Å². The topological polar surface area (TPSA) is 68.2 Å². The number of thiocarbonyl (C=S) groups is 1. The maximum absolute atomic E-state index is 12.6. The van der Waals surface area contributed by atoms with Gasteiger partial charge in [0.1, 0.15) is 10.6 Å². The fraction of sp³-hybridized carbons (Fsp3) is 0.160. The maximum Gasteiger partial charge on any atom is 0.341 e. The molecule has 8 heteroatoms. The van der Waals surface area contributed by atoms with Crippen LogP contribution in [-0.2, 0) is 11.3 Å². The number of anilines is 2. The zero-order valence-corrected chi connectivity index (χ0v) is 20.2. The van der Waals surface area contributed by atoms with Crippen LogP contribution in [-0.4, -0.2) is 28.0 Å². The smallest absolute Gasteiger partial charge is 0.341 e. The largest absolute Gasteiger partial charge is 0.465 e. The van der Waals surface area contributed by atoms with Gasteiger partial charge in [-0.15, -0.1) is 11.3 Å². The van der Waals surface area contributed by atoms with Gasteiger partial charge in [-0.3, -0.25) is 4.68 Å². The van der Waals surface area contributed by atoms with E-state index in [-0.39, 0.29) is 0 Å². The first kappa shape index (κ1) is 22.7. The Bertz CT molecular complexity index is 1280. The Kier molecular flexibility index (Phi) is 6.86. The number of nitrogens with one attached hydrogen (secondary N) is 2. The molecule has 0 saturated heterocycles. The second-order valence-electron chi connectivity index (χ2n) is 7.59. The molecule has 0 aliphatic heterocycles. The van der Waals surface area contributed by atoms with Crippen molar-refractivity contribution in [3.63, 3.8) is 0 Å². The summed E-state index contributed by atoms with van der Waals surface area (Å²) in [6.07, 6.45) is 3.61. The van der Waals surface area contributed by atoms with Gasteiger partial charge in [0.15, 0.2) is 5.11 Å². The lowest BCUT2D eigenvalue weighted by Crippen LogP contribution is -2.19. The molecule has 2 N–H and O–H groups in total. The molecule has 0 radical (unpaired) electrons. The fourth-order valence-corrected chi connectivity index (χ4v) is 4.90. The number of esters is 1. The summed E-state index contributed by atoms with van der Waals surface area (Å²) in [5.74, 6) is -0.408. The highest BCUT2D eigenvalue weighted by molar-refractivity contribution is 7.80. The number of carbonyl (C=O) groups is 1. The van der Waals surface area contributed by atoms with E-state index in [1.54, 1.807) is 6.20 Å². The van der Waals surface area contributed by atoms with Crippen LogP contribution in [0.1, 0.15) is 26.4 Å².